The summed E-state index contributed by atoms with van der Waals surface area (Å²) in [5, 5.41) is 19.5. The second kappa shape index (κ2) is 7.02. The fourth-order valence-electron chi connectivity index (χ4n) is 3.85. The van der Waals surface area contributed by atoms with Crippen LogP contribution in [0.4, 0.5) is 4.79 Å². The van der Waals surface area contributed by atoms with Gasteiger partial charge in [-0.3, -0.25) is 4.79 Å². The lowest BCUT2D eigenvalue weighted by Crippen LogP contribution is -2.59. The summed E-state index contributed by atoms with van der Waals surface area (Å²) in [7, 11) is 0. The van der Waals surface area contributed by atoms with Crippen molar-refractivity contribution in [1.29, 1.82) is 0 Å². The number of rotatable bonds is 5. The highest BCUT2D eigenvalue weighted by atomic mass is 16.4. The van der Waals surface area contributed by atoms with E-state index in [2.05, 4.69) is 0 Å². The van der Waals surface area contributed by atoms with Crippen molar-refractivity contribution in [1.82, 2.24) is 4.90 Å². The van der Waals surface area contributed by atoms with Crippen molar-refractivity contribution in [3.05, 3.63) is 35.9 Å². The first kappa shape index (κ1) is 17.3. The van der Waals surface area contributed by atoms with Crippen LogP contribution in [0.5, 0.6) is 0 Å². The van der Waals surface area contributed by atoms with Gasteiger partial charge in [0, 0.05) is 12.5 Å². The molecule has 5 nitrogen and oxygen atoms in total. The molecule has 0 saturated carbocycles. The van der Waals surface area contributed by atoms with E-state index in [1.807, 2.05) is 37.3 Å². The van der Waals surface area contributed by atoms with Gasteiger partial charge in [-0.25, -0.2) is 4.79 Å². The average molecular weight is 319 g/mol. The van der Waals surface area contributed by atoms with Crippen molar-refractivity contribution in [2.24, 2.45) is 5.41 Å². The molecule has 1 fully saturated rings. The summed E-state index contributed by atoms with van der Waals surface area (Å²) in [4.78, 5) is 25.1. The smallest absolute Gasteiger partial charge is 0.407 e. The Bertz CT molecular complexity index is 559. The Morgan fingerprint density at radius 2 is 1.91 bits per heavy atom. The number of piperidine rings is 1. The van der Waals surface area contributed by atoms with Gasteiger partial charge >= 0.3 is 12.1 Å². The van der Waals surface area contributed by atoms with E-state index in [0.717, 1.165) is 18.4 Å². The Kier molecular flexibility index (Phi) is 5.29. The lowest BCUT2D eigenvalue weighted by Gasteiger charge is -2.49. The molecule has 1 aromatic carbocycles. The molecule has 1 aromatic rings. The Morgan fingerprint density at radius 3 is 2.43 bits per heavy atom. The molecular formula is C18H25NO4. The van der Waals surface area contributed by atoms with Crippen molar-refractivity contribution < 1.29 is 19.8 Å². The molecule has 1 aliphatic heterocycles. The molecule has 0 aliphatic carbocycles. The van der Waals surface area contributed by atoms with E-state index in [9.17, 15) is 19.8 Å². The Labute approximate surface area is 136 Å². The molecule has 1 saturated heterocycles. The Morgan fingerprint density at radius 1 is 1.26 bits per heavy atom. The summed E-state index contributed by atoms with van der Waals surface area (Å²) in [6.07, 6.45) is 1.82. The number of likely N-dealkylation sites (tertiary alicyclic amines) is 1. The quantitative estimate of drug-likeness (QED) is 0.865. The topological polar surface area (TPSA) is 77.8 Å². The minimum absolute atomic E-state index is 0.182. The Hall–Kier alpha value is -2.04. The lowest BCUT2D eigenvalue weighted by molar-refractivity contribution is -0.157. The van der Waals surface area contributed by atoms with Gasteiger partial charge in [0.05, 0.1) is 11.5 Å². The fourth-order valence-corrected chi connectivity index (χ4v) is 3.85. The van der Waals surface area contributed by atoms with E-state index in [1.54, 1.807) is 6.92 Å². The molecular weight excluding hydrogens is 294 g/mol. The first-order valence-corrected chi connectivity index (χ1v) is 8.20. The molecule has 0 bridgehead atoms. The van der Waals surface area contributed by atoms with Crippen LogP contribution >= 0.6 is 0 Å². The van der Waals surface area contributed by atoms with E-state index >= 15 is 0 Å². The van der Waals surface area contributed by atoms with E-state index in [0.29, 0.717) is 19.4 Å². The molecule has 1 amide bonds. The number of carboxylic acid groups (broad SMARTS) is 2. The van der Waals surface area contributed by atoms with Gasteiger partial charge in [0.25, 0.3) is 0 Å². The molecule has 1 unspecified atom stereocenters. The highest BCUT2D eigenvalue weighted by Gasteiger charge is 2.54. The monoisotopic (exact) mass is 319 g/mol. The minimum atomic E-state index is -1.12. The van der Waals surface area contributed by atoms with Gasteiger partial charge in [-0.1, -0.05) is 50.1 Å². The molecule has 1 heterocycles. The average Bonchev–Trinajstić information content (AvgIpc) is 2.53. The summed E-state index contributed by atoms with van der Waals surface area (Å²) in [6, 6.07) is 9.10. The van der Waals surface area contributed by atoms with Gasteiger partial charge in [-0.05, 0) is 25.3 Å². The number of amides is 1. The molecule has 5 heteroatoms. The zero-order valence-electron chi connectivity index (χ0n) is 13.7. The van der Waals surface area contributed by atoms with Gasteiger partial charge < -0.3 is 15.1 Å². The second-order valence-corrected chi connectivity index (χ2v) is 6.47. The predicted molar refractivity (Wildman–Crippen MR) is 87.6 cm³/mol. The number of nitrogens with zero attached hydrogens (tertiary/aromatic N) is 1. The van der Waals surface area contributed by atoms with Crippen LogP contribution in [-0.2, 0) is 4.79 Å². The van der Waals surface area contributed by atoms with Crippen LogP contribution in [0.25, 0.3) is 0 Å². The normalized spacial score (nSPS) is 27.7. The molecule has 126 valence electrons. The summed E-state index contributed by atoms with van der Waals surface area (Å²) in [6.45, 7) is 4.12. The fraction of sp³-hybridized carbons (Fsp3) is 0.556. The number of hydrogen-bond donors (Lipinski definition) is 2. The number of hydrogen-bond acceptors (Lipinski definition) is 2. The summed E-state index contributed by atoms with van der Waals surface area (Å²) < 4.78 is 0. The van der Waals surface area contributed by atoms with Crippen LogP contribution < -0.4 is 0 Å². The number of aliphatic carboxylic acids is 1. The van der Waals surface area contributed by atoms with Crippen molar-refractivity contribution >= 4 is 12.1 Å². The number of carbonyl (C=O) groups is 2. The zero-order valence-corrected chi connectivity index (χ0v) is 13.7. The summed E-state index contributed by atoms with van der Waals surface area (Å²) in [5.41, 5.74) is -0.142. The Balaban J connectivity index is 2.46. The highest BCUT2D eigenvalue weighted by Crippen LogP contribution is 2.48. The van der Waals surface area contributed by atoms with Gasteiger partial charge in [-0.2, -0.15) is 0 Å². The van der Waals surface area contributed by atoms with Crippen LogP contribution in [0.15, 0.2) is 30.3 Å². The third kappa shape index (κ3) is 3.19. The minimum Gasteiger partial charge on any atom is -0.481 e. The van der Waals surface area contributed by atoms with Crippen molar-refractivity contribution in [2.75, 3.05) is 6.54 Å². The molecule has 0 radical (unpaired) electrons. The molecule has 0 aromatic heterocycles. The van der Waals surface area contributed by atoms with Gasteiger partial charge in [0.1, 0.15) is 0 Å². The van der Waals surface area contributed by atoms with Gasteiger partial charge in [-0.15, -0.1) is 0 Å². The maximum Gasteiger partial charge on any atom is 0.407 e. The van der Waals surface area contributed by atoms with E-state index < -0.39 is 23.5 Å². The zero-order chi connectivity index (χ0) is 17.0. The third-order valence-electron chi connectivity index (χ3n) is 5.19. The summed E-state index contributed by atoms with van der Waals surface area (Å²) >= 11 is 0. The van der Waals surface area contributed by atoms with Gasteiger partial charge in [0.2, 0.25) is 0 Å². The first-order chi connectivity index (χ1) is 10.9. The molecule has 0 spiro atoms. The van der Waals surface area contributed by atoms with Crippen molar-refractivity contribution in [2.45, 2.75) is 51.5 Å². The van der Waals surface area contributed by atoms with E-state index in [4.69, 9.17) is 0 Å². The van der Waals surface area contributed by atoms with E-state index in [1.165, 1.54) is 4.90 Å². The molecule has 23 heavy (non-hydrogen) atoms. The third-order valence-corrected chi connectivity index (χ3v) is 5.19. The van der Waals surface area contributed by atoms with Crippen LogP contribution in [0.3, 0.4) is 0 Å². The second-order valence-electron chi connectivity index (χ2n) is 6.47. The molecule has 2 N–H and O–H groups in total. The standard InChI is InChI=1S/C18H25NO4/c1-3-4-10-15-18(2,16(20)21)14(11-12-19(15)17(22)23)13-8-6-5-7-9-13/h5-9,14-15H,3-4,10-12H2,1-2H3,(H,20,21)(H,22,23)/t14-,15?,18+/m0/s1. The molecule has 1 aliphatic rings. The van der Waals surface area contributed by atoms with Crippen LogP contribution in [0.2, 0.25) is 0 Å². The number of carboxylic acids is 1. The molecule has 2 rings (SSSR count). The van der Waals surface area contributed by atoms with Crippen molar-refractivity contribution in [3.63, 3.8) is 0 Å². The van der Waals surface area contributed by atoms with E-state index in [-0.39, 0.29) is 5.92 Å². The lowest BCUT2D eigenvalue weighted by atomic mass is 9.63. The first-order valence-electron chi connectivity index (χ1n) is 8.20. The maximum absolute atomic E-state index is 12.2. The number of unbranched alkanes of at least 4 members (excludes halogenated alkanes) is 1. The van der Waals surface area contributed by atoms with Crippen LogP contribution in [0, 0.1) is 5.41 Å². The van der Waals surface area contributed by atoms with Crippen LogP contribution in [0.1, 0.15) is 51.0 Å². The maximum atomic E-state index is 12.2. The number of benzene rings is 1. The largest absolute Gasteiger partial charge is 0.481 e. The van der Waals surface area contributed by atoms with Gasteiger partial charge in [0.15, 0.2) is 0 Å². The molecule has 3 atom stereocenters. The van der Waals surface area contributed by atoms with Crippen molar-refractivity contribution in [3.8, 4) is 0 Å². The predicted octanol–water partition coefficient (Wildman–Crippen LogP) is 3.80. The van der Waals surface area contributed by atoms with Crippen LogP contribution in [-0.4, -0.2) is 39.8 Å². The SMILES string of the molecule is CCCCC1N(C(=O)O)CC[C@@H](c2ccccc2)[C@@]1(C)C(=O)O. The summed E-state index contributed by atoms with van der Waals surface area (Å²) in [5.74, 6) is -1.10. The highest BCUT2D eigenvalue weighted by molar-refractivity contribution is 5.79.